The van der Waals surface area contributed by atoms with E-state index in [1.165, 1.54) is 0 Å². The van der Waals surface area contributed by atoms with Gasteiger partial charge in [-0.15, -0.1) is 6.42 Å². The summed E-state index contributed by atoms with van der Waals surface area (Å²) in [5, 5.41) is 0.514. The molecule has 0 spiro atoms. The minimum atomic E-state index is -0.504. The molecule has 0 aromatic heterocycles. The lowest BCUT2D eigenvalue weighted by Crippen LogP contribution is -2.30. The van der Waals surface area contributed by atoms with Crippen LogP contribution >= 0.6 is 11.6 Å². The van der Waals surface area contributed by atoms with Crippen LogP contribution in [0.1, 0.15) is 50.0 Å². The topological polar surface area (TPSA) is 52.6 Å². The second-order valence-electron chi connectivity index (χ2n) is 6.94. The quantitative estimate of drug-likeness (QED) is 0.723. The summed E-state index contributed by atoms with van der Waals surface area (Å²) in [5.41, 5.74) is 1.85. The predicted molar refractivity (Wildman–Crippen MR) is 101 cm³/mol. The molecular formula is C22H19ClO4. The van der Waals surface area contributed by atoms with E-state index in [9.17, 15) is 9.59 Å². The second kappa shape index (κ2) is 7.25. The van der Waals surface area contributed by atoms with E-state index in [1.807, 2.05) is 0 Å². The van der Waals surface area contributed by atoms with Crippen LogP contribution in [-0.2, 0) is 14.3 Å². The van der Waals surface area contributed by atoms with Crippen LogP contribution < -0.4 is 4.74 Å². The molecule has 138 valence electrons. The molecule has 4 nitrogen and oxygen atoms in total. The van der Waals surface area contributed by atoms with Gasteiger partial charge in [-0.05, 0) is 31.0 Å². The van der Waals surface area contributed by atoms with Crippen molar-refractivity contribution in [2.75, 3.05) is 6.61 Å². The minimum absolute atomic E-state index is 0.0223. The number of halogens is 1. The number of carbonyl (C=O) groups excluding carboxylic acids is 2. The summed E-state index contributed by atoms with van der Waals surface area (Å²) in [5.74, 6) is 3.91. The fraction of sp³-hybridized carbons (Fsp3) is 0.364. The fourth-order valence-electron chi connectivity index (χ4n) is 4.12. The molecule has 27 heavy (non-hydrogen) atoms. The Morgan fingerprint density at radius 3 is 2.30 bits per heavy atom. The summed E-state index contributed by atoms with van der Waals surface area (Å²) in [7, 11) is 0. The van der Waals surface area contributed by atoms with Crippen molar-refractivity contribution in [3.8, 4) is 18.1 Å². The largest absolute Gasteiger partial charge is 0.481 e. The van der Waals surface area contributed by atoms with Gasteiger partial charge in [0.2, 0.25) is 0 Å². The van der Waals surface area contributed by atoms with Gasteiger partial charge < -0.3 is 9.47 Å². The Morgan fingerprint density at radius 1 is 1.07 bits per heavy atom. The van der Waals surface area contributed by atoms with Crippen LogP contribution in [-0.4, -0.2) is 18.2 Å². The van der Waals surface area contributed by atoms with Crippen LogP contribution in [0.4, 0.5) is 0 Å². The smallest absolute Gasteiger partial charge is 0.163 e. The molecule has 0 saturated carbocycles. The molecule has 2 aliphatic carbocycles. The molecule has 3 aliphatic rings. The Morgan fingerprint density at radius 2 is 1.70 bits per heavy atom. The van der Waals surface area contributed by atoms with E-state index >= 15 is 0 Å². The van der Waals surface area contributed by atoms with Gasteiger partial charge in [-0.3, -0.25) is 9.59 Å². The van der Waals surface area contributed by atoms with E-state index in [-0.39, 0.29) is 18.2 Å². The first kappa shape index (κ1) is 17.9. The molecule has 0 radical (unpaired) electrons. The lowest BCUT2D eigenvalue weighted by atomic mass is 9.73. The normalized spacial score (nSPS) is 20.0. The highest BCUT2D eigenvalue weighted by Gasteiger charge is 2.42. The molecule has 0 bridgehead atoms. The van der Waals surface area contributed by atoms with Crippen LogP contribution in [0.5, 0.6) is 5.75 Å². The summed E-state index contributed by atoms with van der Waals surface area (Å²) in [6.45, 7) is 0.0948. The maximum absolute atomic E-state index is 12.8. The van der Waals surface area contributed by atoms with Gasteiger partial charge in [0, 0.05) is 47.4 Å². The van der Waals surface area contributed by atoms with Gasteiger partial charge in [0.1, 0.15) is 23.9 Å². The van der Waals surface area contributed by atoms with Gasteiger partial charge in [-0.1, -0.05) is 17.5 Å². The molecule has 1 heterocycles. The summed E-state index contributed by atoms with van der Waals surface area (Å²) < 4.78 is 11.8. The molecule has 1 aliphatic heterocycles. The third-order valence-electron chi connectivity index (χ3n) is 5.23. The fourth-order valence-corrected chi connectivity index (χ4v) is 4.31. The average Bonchev–Trinajstić information content (AvgIpc) is 2.66. The zero-order valence-electron chi connectivity index (χ0n) is 14.8. The van der Waals surface area contributed by atoms with Crippen molar-refractivity contribution in [2.24, 2.45) is 0 Å². The second-order valence-corrected chi connectivity index (χ2v) is 7.37. The molecule has 0 amide bonds. The van der Waals surface area contributed by atoms with Crippen molar-refractivity contribution in [2.45, 2.75) is 44.4 Å². The van der Waals surface area contributed by atoms with E-state index in [4.69, 9.17) is 27.5 Å². The highest BCUT2D eigenvalue weighted by molar-refractivity contribution is 6.30. The van der Waals surface area contributed by atoms with Gasteiger partial charge in [0.25, 0.3) is 0 Å². The van der Waals surface area contributed by atoms with Crippen LogP contribution in [0.25, 0.3) is 0 Å². The number of allylic oxidation sites excluding steroid dienone is 4. The number of terminal acetylenes is 1. The first-order chi connectivity index (χ1) is 13.1. The van der Waals surface area contributed by atoms with Crippen LogP contribution in [0.3, 0.4) is 0 Å². The zero-order chi connectivity index (χ0) is 19.0. The highest BCUT2D eigenvalue weighted by atomic mass is 35.5. The molecule has 0 saturated heterocycles. The molecule has 1 aromatic rings. The van der Waals surface area contributed by atoms with E-state index < -0.39 is 5.92 Å². The number of carbonyl (C=O) groups is 2. The molecule has 1 aromatic carbocycles. The number of rotatable bonds is 3. The first-order valence-electron chi connectivity index (χ1n) is 9.16. The van der Waals surface area contributed by atoms with Crippen molar-refractivity contribution >= 4 is 23.2 Å². The van der Waals surface area contributed by atoms with E-state index in [1.54, 1.807) is 18.2 Å². The van der Waals surface area contributed by atoms with E-state index in [2.05, 4.69) is 5.92 Å². The van der Waals surface area contributed by atoms with Crippen molar-refractivity contribution in [1.82, 2.24) is 0 Å². The van der Waals surface area contributed by atoms with Gasteiger partial charge in [0.05, 0.1) is 5.92 Å². The summed E-state index contributed by atoms with van der Waals surface area (Å²) in [4.78, 5) is 25.7. The van der Waals surface area contributed by atoms with Gasteiger partial charge >= 0.3 is 0 Å². The number of hydrogen-bond acceptors (Lipinski definition) is 4. The number of ketones is 2. The van der Waals surface area contributed by atoms with Crippen LogP contribution in [0.15, 0.2) is 40.9 Å². The molecular weight excluding hydrogens is 364 g/mol. The van der Waals surface area contributed by atoms with Gasteiger partial charge in [-0.25, -0.2) is 0 Å². The van der Waals surface area contributed by atoms with Crippen molar-refractivity contribution < 1.29 is 19.1 Å². The molecule has 0 fully saturated rings. The first-order valence-corrected chi connectivity index (χ1v) is 9.54. The summed E-state index contributed by atoms with van der Waals surface area (Å²) in [6.07, 6.45) is 9.17. The molecule has 5 heteroatoms. The maximum Gasteiger partial charge on any atom is 0.163 e. The van der Waals surface area contributed by atoms with Crippen LogP contribution in [0, 0.1) is 12.3 Å². The van der Waals surface area contributed by atoms with Gasteiger partial charge in [-0.2, -0.15) is 0 Å². The standard InChI is InChI=1S/C22H19ClO4/c1-2-11-26-17-10-9-13(23)12-14(17)20-21-15(24)5-3-7-18(21)27-19-8-4-6-16(25)22(19)20/h1,9-10,12,20H,3-8,11H2. The predicted octanol–water partition coefficient (Wildman–Crippen LogP) is 4.48. The minimum Gasteiger partial charge on any atom is -0.481 e. The third-order valence-corrected chi connectivity index (χ3v) is 5.47. The summed E-state index contributed by atoms with van der Waals surface area (Å²) >= 11 is 6.26. The highest BCUT2D eigenvalue weighted by Crippen LogP contribution is 2.50. The SMILES string of the molecule is C#CCOc1ccc(Cl)cc1C1C2=C(CCCC2=O)OC2=C1C(=O)CCC2. The number of hydrogen-bond donors (Lipinski definition) is 0. The third kappa shape index (κ3) is 3.17. The van der Waals surface area contributed by atoms with Crippen LogP contribution in [0.2, 0.25) is 5.02 Å². The Kier molecular flexibility index (Phi) is 4.80. The molecule has 0 atom stereocenters. The Bertz CT molecular complexity index is 890. The summed E-state index contributed by atoms with van der Waals surface area (Å²) in [6, 6.07) is 5.22. The van der Waals surface area contributed by atoms with E-state index in [0.29, 0.717) is 64.7 Å². The van der Waals surface area contributed by atoms with Gasteiger partial charge in [0.15, 0.2) is 11.6 Å². The lowest BCUT2D eigenvalue weighted by molar-refractivity contribution is -0.117. The van der Waals surface area contributed by atoms with Crippen molar-refractivity contribution in [3.05, 3.63) is 51.4 Å². The number of benzene rings is 1. The molecule has 4 rings (SSSR count). The number of Topliss-reactive ketones (excluding diaryl/α,β-unsaturated/α-hetero) is 2. The molecule has 0 N–H and O–H groups in total. The monoisotopic (exact) mass is 382 g/mol. The lowest BCUT2D eigenvalue weighted by Gasteiger charge is -2.36. The van der Waals surface area contributed by atoms with Crippen molar-refractivity contribution in [1.29, 1.82) is 0 Å². The maximum atomic E-state index is 12.8. The Hall–Kier alpha value is -2.51. The van der Waals surface area contributed by atoms with E-state index in [0.717, 1.165) is 12.8 Å². The Labute approximate surface area is 163 Å². The Balaban J connectivity index is 1.92. The zero-order valence-corrected chi connectivity index (χ0v) is 15.6. The average molecular weight is 383 g/mol. The van der Waals surface area contributed by atoms with Crippen molar-refractivity contribution in [3.63, 3.8) is 0 Å². The molecule has 0 unspecified atom stereocenters. The number of ether oxygens (including phenoxy) is 2.